The summed E-state index contributed by atoms with van der Waals surface area (Å²) in [6.07, 6.45) is 1.07. The summed E-state index contributed by atoms with van der Waals surface area (Å²) in [5.74, 6) is -0.596. The first-order chi connectivity index (χ1) is 12.1. The molecule has 0 saturated carbocycles. The van der Waals surface area contributed by atoms with E-state index in [1.807, 2.05) is 0 Å². The van der Waals surface area contributed by atoms with Crippen molar-refractivity contribution in [3.8, 4) is 5.69 Å². The smallest absolute Gasteiger partial charge is 0.340 e. The molecular formula is C16H20N4O5S. The van der Waals surface area contributed by atoms with Crippen molar-refractivity contribution in [2.45, 2.75) is 25.3 Å². The van der Waals surface area contributed by atoms with Crippen LogP contribution in [0.25, 0.3) is 5.69 Å². The molecule has 1 aromatic heterocycles. The molecule has 0 bridgehead atoms. The molecule has 0 aliphatic rings. The third-order valence-electron chi connectivity index (χ3n) is 3.91. The third-order valence-corrected chi connectivity index (χ3v) is 5.04. The highest BCUT2D eigenvalue weighted by molar-refractivity contribution is 7.90. The van der Waals surface area contributed by atoms with Crippen molar-refractivity contribution >= 4 is 15.7 Å². The zero-order valence-electron chi connectivity index (χ0n) is 15.0. The molecule has 26 heavy (non-hydrogen) atoms. The zero-order chi connectivity index (χ0) is 19.6. The molecule has 1 aromatic carbocycles. The van der Waals surface area contributed by atoms with E-state index in [2.05, 4.69) is 5.10 Å². The van der Waals surface area contributed by atoms with Crippen LogP contribution in [0.5, 0.6) is 0 Å². The van der Waals surface area contributed by atoms with Crippen molar-refractivity contribution < 1.29 is 13.2 Å². The molecular weight excluding hydrogens is 360 g/mol. The van der Waals surface area contributed by atoms with Crippen LogP contribution in [-0.2, 0) is 16.4 Å². The van der Waals surface area contributed by atoms with E-state index in [4.69, 9.17) is 0 Å². The van der Waals surface area contributed by atoms with Crippen molar-refractivity contribution in [2.24, 2.45) is 0 Å². The lowest BCUT2D eigenvalue weighted by Gasteiger charge is -2.15. The molecule has 0 aliphatic carbocycles. The van der Waals surface area contributed by atoms with Crippen molar-refractivity contribution in [1.29, 1.82) is 0 Å². The van der Waals surface area contributed by atoms with Gasteiger partial charge in [0.2, 0.25) is 5.69 Å². The molecule has 2 rings (SSSR count). The summed E-state index contributed by atoms with van der Waals surface area (Å²) in [5, 5.41) is 3.94. The van der Waals surface area contributed by atoms with Crippen LogP contribution >= 0.6 is 0 Å². The lowest BCUT2D eigenvalue weighted by Crippen LogP contribution is -2.45. The Balaban J connectivity index is 2.71. The summed E-state index contributed by atoms with van der Waals surface area (Å²) in [4.78, 5) is 38.7. The van der Waals surface area contributed by atoms with Crippen molar-refractivity contribution in [2.75, 3.05) is 19.8 Å². The Morgan fingerprint density at radius 3 is 2.19 bits per heavy atom. The van der Waals surface area contributed by atoms with Crippen LogP contribution in [-0.4, -0.2) is 53.4 Å². The average Bonchev–Trinajstić information content (AvgIpc) is 2.60. The van der Waals surface area contributed by atoms with Crippen molar-refractivity contribution in [3.63, 3.8) is 0 Å². The Bertz CT molecular complexity index is 1050. The van der Waals surface area contributed by atoms with Gasteiger partial charge in [-0.05, 0) is 38.1 Å². The van der Waals surface area contributed by atoms with Crippen LogP contribution < -0.4 is 11.2 Å². The standard InChI is InChI=1S/C16H20N4O5S/c1-5-18(3)14(21)13-15(22)19(6-2)16(23)20(17-13)11-7-9-12(10-8-11)26(4,24)25/h7-10H,5-6H2,1-4H3. The van der Waals surface area contributed by atoms with E-state index >= 15 is 0 Å². The van der Waals surface area contributed by atoms with Gasteiger partial charge in [-0.2, -0.15) is 9.78 Å². The van der Waals surface area contributed by atoms with E-state index in [1.54, 1.807) is 13.8 Å². The molecule has 0 unspecified atom stereocenters. The lowest BCUT2D eigenvalue weighted by atomic mass is 10.3. The normalized spacial score (nSPS) is 11.4. The van der Waals surface area contributed by atoms with Gasteiger partial charge in [-0.3, -0.25) is 14.2 Å². The number of carbonyl (C=O) groups is 1. The number of sulfone groups is 1. The molecule has 0 saturated heterocycles. The Morgan fingerprint density at radius 1 is 1.15 bits per heavy atom. The number of hydrogen-bond acceptors (Lipinski definition) is 6. The summed E-state index contributed by atoms with van der Waals surface area (Å²) in [6, 6.07) is 5.46. The maximum atomic E-state index is 12.5. The molecule has 1 amide bonds. The zero-order valence-corrected chi connectivity index (χ0v) is 15.8. The first-order valence-corrected chi connectivity index (χ1v) is 9.81. The largest absolute Gasteiger partial charge is 0.352 e. The Hall–Kier alpha value is -2.75. The molecule has 2 aromatic rings. The van der Waals surface area contributed by atoms with Gasteiger partial charge in [-0.15, -0.1) is 0 Å². The molecule has 10 heteroatoms. The number of aromatic nitrogens is 3. The molecule has 0 radical (unpaired) electrons. The molecule has 1 heterocycles. The van der Waals surface area contributed by atoms with Gasteiger partial charge in [0.1, 0.15) is 0 Å². The Labute approximate surface area is 150 Å². The van der Waals surface area contributed by atoms with E-state index in [-0.39, 0.29) is 22.8 Å². The number of hydrogen-bond donors (Lipinski definition) is 0. The fraction of sp³-hybridized carbons (Fsp3) is 0.375. The first-order valence-electron chi connectivity index (χ1n) is 7.91. The second kappa shape index (κ2) is 7.24. The van der Waals surface area contributed by atoms with Crippen LogP contribution in [0.1, 0.15) is 24.3 Å². The molecule has 140 valence electrons. The quantitative estimate of drug-likeness (QED) is 0.717. The van der Waals surface area contributed by atoms with E-state index in [9.17, 15) is 22.8 Å². The van der Waals surface area contributed by atoms with Crippen LogP contribution in [0.2, 0.25) is 0 Å². The minimum Gasteiger partial charge on any atom is -0.340 e. The first kappa shape index (κ1) is 19.6. The summed E-state index contributed by atoms with van der Waals surface area (Å²) < 4.78 is 25.0. The minimum absolute atomic E-state index is 0.0672. The van der Waals surface area contributed by atoms with Crippen molar-refractivity contribution in [3.05, 3.63) is 50.8 Å². The molecule has 0 fully saturated rings. The van der Waals surface area contributed by atoms with E-state index in [1.165, 1.54) is 36.2 Å². The summed E-state index contributed by atoms with van der Waals surface area (Å²) in [6.45, 7) is 3.79. The number of benzene rings is 1. The fourth-order valence-electron chi connectivity index (χ4n) is 2.25. The van der Waals surface area contributed by atoms with Gasteiger partial charge in [0.15, 0.2) is 9.84 Å². The predicted octanol–water partition coefficient (Wildman–Crippen LogP) is -0.0905. The monoisotopic (exact) mass is 380 g/mol. The Kier molecular flexibility index (Phi) is 5.45. The van der Waals surface area contributed by atoms with Gasteiger partial charge in [0.25, 0.3) is 11.5 Å². The molecule has 0 aliphatic heterocycles. The summed E-state index contributed by atoms with van der Waals surface area (Å²) >= 11 is 0. The highest BCUT2D eigenvalue weighted by Gasteiger charge is 2.22. The molecule has 0 N–H and O–H groups in total. The van der Waals surface area contributed by atoms with E-state index < -0.39 is 27.0 Å². The van der Waals surface area contributed by atoms with Gasteiger partial charge in [0, 0.05) is 26.4 Å². The van der Waals surface area contributed by atoms with Crippen LogP contribution in [0, 0.1) is 0 Å². The van der Waals surface area contributed by atoms with Crippen molar-refractivity contribution in [1.82, 2.24) is 19.2 Å². The number of nitrogens with zero attached hydrogens (tertiary/aromatic N) is 4. The fourth-order valence-corrected chi connectivity index (χ4v) is 2.89. The number of rotatable bonds is 5. The van der Waals surface area contributed by atoms with E-state index in [0.717, 1.165) is 15.5 Å². The second-order valence-electron chi connectivity index (χ2n) is 5.68. The lowest BCUT2D eigenvalue weighted by molar-refractivity contribution is 0.0791. The molecule has 0 atom stereocenters. The number of carbonyl (C=O) groups excluding carboxylic acids is 1. The van der Waals surface area contributed by atoms with Crippen LogP contribution in [0.4, 0.5) is 0 Å². The highest BCUT2D eigenvalue weighted by atomic mass is 32.2. The third kappa shape index (κ3) is 3.59. The summed E-state index contributed by atoms with van der Waals surface area (Å²) in [7, 11) is -1.87. The topological polar surface area (TPSA) is 111 Å². The van der Waals surface area contributed by atoms with E-state index in [0.29, 0.717) is 6.54 Å². The minimum atomic E-state index is -3.39. The predicted molar refractivity (Wildman–Crippen MR) is 95.5 cm³/mol. The van der Waals surface area contributed by atoms with Crippen LogP contribution in [0.15, 0.2) is 38.8 Å². The maximum absolute atomic E-state index is 12.5. The van der Waals surface area contributed by atoms with Crippen LogP contribution in [0.3, 0.4) is 0 Å². The van der Waals surface area contributed by atoms with Gasteiger partial charge in [-0.1, -0.05) is 0 Å². The molecule has 0 spiro atoms. The second-order valence-corrected chi connectivity index (χ2v) is 7.69. The number of amides is 1. The highest BCUT2D eigenvalue weighted by Crippen LogP contribution is 2.12. The SMILES string of the molecule is CCN(C)C(=O)c1nn(-c2ccc(S(C)(=O)=O)cc2)c(=O)n(CC)c1=O. The van der Waals surface area contributed by atoms with Gasteiger partial charge in [-0.25, -0.2) is 13.2 Å². The summed E-state index contributed by atoms with van der Waals surface area (Å²) in [5.41, 5.74) is -1.59. The van der Waals surface area contributed by atoms with Gasteiger partial charge >= 0.3 is 5.69 Å². The van der Waals surface area contributed by atoms with Gasteiger partial charge in [0.05, 0.1) is 10.6 Å². The Morgan fingerprint density at radius 2 is 1.73 bits per heavy atom. The van der Waals surface area contributed by atoms with Gasteiger partial charge < -0.3 is 4.90 Å². The molecule has 9 nitrogen and oxygen atoms in total. The maximum Gasteiger partial charge on any atom is 0.352 e. The average molecular weight is 380 g/mol.